The zero-order valence-corrected chi connectivity index (χ0v) is 14.3. The standard InChI is InChI=1S/C13H20N2O5S2/c1-4-13(5-2)9(6-10(13)20-3)15-22(18,19)8-7-21-14-11(8)12(16)17/h7,9-10,15H,4-6H2,1-3H3,(H,16,17). The summed E-state index contributed by atoms with van der Waals surface area (Å²) in [4.78, 5) is 10.8. The van der Waals surface area contributed by atoms with E-state index < -0.39 is 21.7 Å². The maximum atomic E-state index is 12.5. The fraction of sp³-hybridized carbons (Fsp3) is 0.692. The summed E-state index contributed by atoms with van der Waals surface area (Å²) in [5.74, 6) is -1.35. The average molecular weight is 348 g/mol. The van der Waals surface area contributed by atoms with Crippen LogP contribution in [0.5, 0.6) is 0 Å². The minimum absolute atomic E-state index is 0.00902. The first-order valence-electron chi connectivity index (χ1n) is 7.05. The van der Waals surface area contributed by atoms with Gasteiger partial charge in [0.1, 0.15) is 4.90 Å². The Kier molecular flexibility index (Phi) is 4.90. The van der Waals surface area contributed by atoms with Gasteiger partial charge in [-0.3, -0.25) is 0 Å². The topological polar surface area (TPSA) is 106 Å². The van der Waals surface area contributed by atoms with Crippen molar-refractivity contribution in [3.63, 3.8) is 0 Å². The molecule has 22 heavy (non-hydrogen) atoms. The summed E-state index contributed by atoms with van der Waals surface area (Å²) >= 11 is 0.816. The zero-order chi connectivity index (χ0) is 16.5. The zero-order valence-electron chi connectivity index (χ0n) is 12.7. The molecular formula is C13H20N2O5S2. The van der Waals surface area contributed by atoms with E-state index in [4.69, 9.17) is 9.84 Å². The van der Waals surface area contributed by atoms with Crippen molar-refractivity contribution in [2.75, 3.05) is 7.11 Å². The van der Waals surface area contributed by atoms with E-state index in [1.165, 1.54) is 5.38 Å². The van der Waals surface area contributed by atoms with Gasteiger partial charge in [0.05, 0.1) is 6.10 Å². The third-order valence-corrected chi connectivity index (χ3v) is 6.98. The molecule has 0 amide bonds. The highest BCUT2D eigenvalue weighted by Gasteiger charge is 2.54. The molecule has 0 bridgehead atoms. The van der Waals surface area contributed by atoms with Crippen molar-refractivity contribution in [2.45, 2.75) is 50.2 Å². The Bertz CT molecular complexity index is 651. The number of hydrogen-bond donors (Lipinski definition) is 2. The Labute approximate surface area is 133 Å². The van der Waals surface area contributed by atoms with E-state index in [1.54, 1.807) is 7.11 Å². The Morgan fingerprint density at radius 1 is 1.55 bits per heavy atom. The number of methoxy groups -OCH3 is 1. The van der Waals surface area contributed by atoms with Gasteiger partial charge in [0.25, 0.3) is 0 Å². The van der Waals surface area contributed by atoms with Crippen LogP contribution < -0.4 is 4.72 Å². The van der Waals surface area contributed by atoms with Crippen molar-refractivity contribution < 1.29 is 23.1 Å². The fourth-order valence-corrected chi connectivity index (χ4v) is 5.71. The molecule has 1 aliphatic carbocycles. The average Bonchev–Trinajstić information content (AvgIpc) is 2.95. The van der Waals surface area contributed by atoms with Gasteiger partial charge < -0.3 is 9.84 Å². The normalized spacial score (nSPS) is 24.0. The number of hydrogen-bond acceptors (Lipinski definition) is 6. The molecule has 9 heteroatoms. The Morgan fingerprint density at radius 3 is 2.68 bits per heavy atom. The van der Waals surface area contributed by atoms with Gasteiger partial charge in [0.15, 0.2) is 5.69 Å². The van der Waals surface area contributed by atoms with E-state index >= 15 is 0 Å². The number of aromatic nitrogens is 1. The molecule has 0 radical (unpaired) electrons. The van der Waals surface area contributed by atoms with Crippen LogP contribution in [-0.2, 0) is 14.8 Å². The minimum Gasteiger partial charge on any atom is -0.476 e. The second-order valence-corrected chi connectivity index (χ2v) is 7.72. The predicted octanol–water partition coefficient (Wildman–Crippen LogP) is 1.71. The number of carbonyl (C=O) groups is 1. The van der Waals surface area contributed by atoms with E-state index in [0.717, 1.165) is 24.4 Å². The van der Waals surface area contributed by atoms with Crippen LogP contribution in [0, 0.1) is 5.41 Å². The summed E-state index contributed by atoms with van der Waals surface area (Å²) in [6.07, 6.45) is 2.15. The van der Waals surface area contributed by atoms with E-state index in [9.17, 15) is 13.2 Å². The lowest BCUT2D eigenvalue weighted by atomic mass is 9.59. The molecule has 2 atom stereocenters. The van der Waals surface area contributed by atoms with Gasteiger partial charge >= 0.3 is 5.97 Å². The maximum Gasteiger partial charge on any atom is 0.357 e. The molecule has 0 saturated heterocycles. The summed E-state index contributed by atoms with van der Waals surface area (Å²) in [5, 5.41) is 10.3. The smallest absolute Gasteiger partial charge is 0.357 e. The fourth-order valence-electron chi connectivity index (χ4n) is 3.26. The number of rotatable bonds is 7. The molecule has 2 unspecified atom stereocenters. The number of nitrogens with zero attached hydrogens (tertiary/aromatic N) is 1. The lowest BCUT2D eigenvalue weighted by Crippen LogP contribution is -2.64. The van der Waals surface area contributed by atoms with Gasteiger partial charge in [0, 0.05) is 23.9 Å². The first kappa shape index (κ1) is 17.3. The van der Waals surface area contributed by atoms with Crippen LogP contribution in [0.3, 0.4) is 0 Å². The van der Waals surface area contributed by atoms with E-state index in [-0.39, 0.29) is 22.5 Å². The second kappa shape index (κ2) is 6.23. The summed E-state index contributed by atoms with van der Waals surface area (Å²) < 4.78 is 36.7. The van der Waals surface area contributed by atoms with Gasteiger partial charge in [-0.2, -0.15) is 4.37 Å². The molecule has 1 aromatic heterocycles. The molecule has 7 nitrogen and oxygen atoms in total. The van der Waals surface area contributed by atoms with E-state index in [1.807, 2.05) is 13.8 Å². The number of carboxylic acid groups (broad SMARTS) is 1. The Morgan fingerprint density at radius 2 is 2.18 bits per heavy atom. The van der Waals surface area contributed by atoms with Crippen molar-refractivity contribution in [1.29, 1.82) is 0 Å². The van der Waals surface area contributed by atoms with Crippen molar-refractivity contribution in [2.24, 2.45) is 5.41 Å². The van der Waals surface area contributed by atoms with Gasteiger partial charge in [-0.25, -0.2) is 17.9 Å². The highest BCUT2D eigenvalue weighted by Crippen LogP contribution is 2.49. The van der Waals surface area contributed by atoms with Crippen molar-refractivity contribution in [3.8, 4) is 0 Å². The van der Waals surface area contributed by atoms with Gasteiger partial charge in [0.2, 0.25) is 10.0 Å². The van der Waals surface area contributed by atoms with E-state index in [2.05, 4.69) is 9.10 Å². The third-order valence-electron chi connectivity index (χ3n) is 4.71. The molecule has 0 aliphatic heterocycles. The molecule has 2 rings (SSSR count). The molecule has 1 aliphatic rings. The Hall–Kier alpha value is -1.03. The van der Waals surface area contributed by atoms with Crippen LogP contribution in [0.15, 0.2) is 10.3 Å². The molecule has 0 aromatic carbocycles. The quantitative estimate of drug-likeness (QED) is 0.777. The number of nitrogens with one attached hydrogen (secondary N) is 1. The van der Waals surface area contributed by atoms with Crippen molar-refractivity contribution in [3.05, 3.63) is 11.1 Å². The van der Waals surface area contributed by atoms with Gasteiger partial charge in [-0.1, -0.05) is 13.8 Å². The minimum atomic E-state index is -3.91. The first-order chi connectivity index (χ1) is 10.3. The predicted molar refractivity (Wildman–Crippen MR) is 81.6 cm³/mol. The maximum absolute atomic E-state index is 12.5. The van der Waals surface area contributed by atoms with Crippen LogP contribution in [0.2, 0.25) is 0 Å². The summed E-state index contributed by atoms with van der Waals surface area (Å²) in [6.45, 7) is 4.01. The monoisotopic (exact) mass is 348 g/mol. The van der Waals surface area contributed by atoms with Crippen LogP contribution in [0.1, 0.15) is 43.6 Å². The molecule has 0 spiro atoms. The molecule has 1 saturated carbocycles. The summed E-state index contributed by atoms with van der Waals surface area (Å²) in [6, 6.07) is -0.265. The molecule has 1 heterocycles. The largest absolute Gasteiger partial charge is 0.476 e. The van der Waals surface area contributed by atoms with Gasteiger partial charge in [-0.05, 0) is 30.8 Å². The lowest BCUT2D eigenvalue weighted by Gasteiger charge is -2.54. The number of carboxylic acids is 1. The molecule has 1 aromatic rings. The lowest BCUT2D eigenvalue weighted by molar-refractivity contribution is -0.117. The van der Waals surface area contributed by atoms with Gasteiger partial charge in [-0.15, -0.1) is 0 Å². The van der Waals surface area contributed by atoms with Crippen molar-refractivity contribution >= 4 is 27.5 Å². The number of ether oxygens (including phenoxy) is 1. The number of sulfonamides is 1. The molecule has 2 N–H and O–H groups in total. The van der Waals surface area contributed by atoms with E-state index in [0.29, 0.717) is 6.42 Å². The SMILES string of the molecule is CCC1(CC)C(NS(=O)(=O)c2csnc2C(=O)O)CC1OC. The Balaban J connectivity index is 2.26. The number of aromatic carboxylic acids is 1. The molecule has 1 fully saturated rings. The first-order valence-corrected chi connectivity index (χ1v) is 9.37. The molecular weight excluding hydrogens is 328 g/mol. The molecule has 124 valence electrons. The van der Waals surface area contributed by atoms with Crippen LogP contribution in [-0.4, -0.2) is 43.1 Å². The summed E-state index contributed by atoms with van der Waals surface area (Å²) in [5.41, 5.74) is -0.687. The van der Waals surface area contributed by atoms with Crippen LogP contribution in [0.4, 0.5) is 0 Å². The van der Waals surface area contributed by atoms with Crippen LogP contribution >= 0.6 is 11.5 Å². The third kappa shape index (κ3) is 2.66. The highest BCUT2D eigenvalue weighted by atomic mass is 32.2. The van der Waals surface area contributed by atoms with Crippen molar-refractivity contribution in [1.82, 2.24) is 9.10 Å². The second-order valence-electron chi connectivity index (χ2n) is 5.41. The highest BCUT2D eigenvalue weighted by molar-refractivity contribution is 7.89. The summed E-state index contributed by atoms with van der Waals surface area (Å²) in [7, 11) is -2.29. The van der Waals surface area contributed by atoms with Crippen LogP contribution in [0.25, 0.3) is 0 Å².